The summed E-state index contributed by atoms with van der Waals surface area (Å²) in [4.78, 5) is 2.57. The molecule has 4 aromatic rings. The Labute approximate surface area is 258 Å². The number of nitrogens with zero attached hydrogens (tertiary/aromatic N) is 1. The Kier molecular flexibility index (Phi) is 5.42. The number of para-hydroxylation sites is 1. The van der Waals surface area contributed by atoms with Crippen molar-refractivity contribution in [3.8, 4) is 11.5 Å². The van der Waals surface area contributed by atoms with Crippen molar-refractivity contribution in [2.45, 2.75) is 103 Å². The lowest BCUT2D eigenvalue weighted by atomic mass is 9.33. The standard InChI is InChI=1S/C40H44BNO/c1-37(2)18-19-38(3,4)27-22-25(16-17-26(27)37)42-32-13-11-15-35-36(32)41(30-12-9-10-14-34(30)43-35)31-23-28-29(24-33(31)42)40(7,8)21-20-39(28,5)6/h9-17,22-24H,18-21H2,1-8H3. The van der Waals surface area contributed by atoms with Gasteiger partial charge in [0.25, 0.3) is 6.71 Å². The van der Waals surface area contributed by atoms with E-state index < -0.39 is 0 Å². The Balaban J connectivity index is 1.45. The first-order chi connectivity index (χ1) is 20.3. The van der Waals surface area contributed by atoms with E-state index in [1.807, 2.05) is 0 Å². The van der Waals surface area contributed by atoms with E-state index in [0.717, 1.165) is 11.5 Å². The monoisotopic (exact) mass is 565 g/mol. The van der Waals surface area contributed by atoms with Crippen LogP contribution in [0.2, 0.25) is 0 Å². The van der Waals surface area contributed by atoms with Crippen molar-refractivity contribution < 1.29 is 4.74 Å². The van der Waals surface area contributed by atoms with E-state index in [1.54, 1.807) is 0 Å². The Hall–Kier alpha value is -3.46. The van der Waals surface area contributed by atoms with Crippen LogP contribution >= 0.6 is 0 Å². The van der Waals surface area contributed by atoms with Crippen LogP contribution in [0.25, 0.3) is 0 Å². The molecule has 4 aliphatic rings. The summed E-state index contributed by atoms with van der Waals surface area (Å²) in [6, 6.07) is 27.8. The average molecular weight is 566 g/mol. The molecule has 0 spiro atoms. The van der Waals surface area contributed by atoms with Crippen LogP contribution in [0.5, 0.6) is 11.5 Å². The van der Waals surface area contributed by atoms with Crippen molar-refractivity contribution in [1.82, 2.24) is 0 Å². The molecule has 0 amide bonds. The normalized spacial score (nSPS) is 21.0. The Bertz CT molecular complexity index is 1830. The van der Waals surface area contributed by atoms with E-state index in [0.29, 0.717) is 0 Å². The number of rotatable bonds is 1. The van der Waals surface area contributed by atoms with Crippen molar-refractivity contribution in [2.24, 2.45) is 0 Å². The van der Waals surface area contributed by atoms with Crippen LogP contribution in [-0.2, 0) is 21.7 Å². The zero-order valence-electron chi connectivity index (χ0n) is 27.2. The summed E-state index contributed by atoms with van der Waals surface area (Å²) in [6.45, 7) is 19.6. The summed E-state index contributed by atoms with van der Waals surface area (Å²) in [5.74, 6) is 1.96. The summed E-state index contributed by atoms with van der Waals surface area (Å²) in [5.41, 5.74) is 14.4. The lowest BCUT2D eigenvalue weighted by Crippen LogP contribution is -2.60. The second-order valence-electron chi connectivity index (χ2n) is 16.3. The number of ether oxygens (including phenoxy) is 1. The predicted molar refractivity (Wildman–Crippen MR) is 183 cm³/mol. The van der Waals surface area contributed by atoms with Gasteiger partial charge in [0.15, 0.2) is 0 Å². The topological polar surface area (TPSA) is 12.5 Å². The fourth-order valence-electron chi connectivity index (χ4n) is 8.68. The molecule has 8 rings (SSSR count). The summed E-state index contributed by atoms with van der Waals surface area (Å²) in [5, 5.41) is 0. The Morgan fingerprint density at radius 3 is 1.81 bits per heavy atom. The SMILES string of the molecule is CC1(C)CCC(C)(C)c2cc(N3c4cc5c(cc4B4c6ccccc6Oc6cccc3c64)C(C)(C)CCC5(C)C)ccc21. The molecule has 0 atom stereocenters. The van der Waals surface area contributed by atoms with Crippen LogP contribution in [0, 0.1) is 0 Å². The molecule has 218 valence electrons. The zero-order chi connectivity index (χ0) is 30.1. The number of fused-ring (bicyclic) bond motifs is 6. The average Bonchev–Trinajstić information content (AvgIpc) is 2.97. The third-order valence-electron chi connectivity index (χ3n) is 11.7. The molecular weight excluding hydrogens is 521 g/mol. The van der Waals surface area contributed by atoms with Crippen molar-refractivity contribution in [3.05, 3.63) is 95.1 Å². The molecule has 4 aromatic carbocycles. The van der Waals surface area contributed by atoms with Crippen LogP contribution < -0.4 is 26.0 Å². The molecule has 0 unspecified atom stereocenters. The minimum absolute atomic E-state index is 0.128. The van der Waals surface area contributed by atoms with Gasteiger partial charge in [-0.05, 0) is 122 Å². The smallest absolute Gasteiger partial charge is 0.256 e. The maximum Gasteiger partial charge on any atom is 0.256 e. The highest BCUT2D eigenvalue weighted by Gasteiger charge is 2.46. The lowest BCUT2D eigenvalue weighted by molar-refractivity contribution is 0.332. The van der Waals surface area contributed by atoms with E-state index in [4.69, 9.17) is 4.74 Å². The van der Waals surface area contributed by atoms with Crippen LogP contribution in [0.4, 0.5) is 17.1 Å². The number of benzene rings is 4. The molecule has 2 nitrogen and oxygen atoms in total. The first kappa shape index (κ1) is 27.1. The fraction of sp³-hybridized carbons (Fsp3) is 0.400. The minimum Gasteiger partial charge on any atom is -0.458 e. The van der Waals surface area contributed by atoms with E-state index in [-0.39, 0.29) is 28.4 Å². The quantitative estimate of drug-likeness (QED) is 0.185. The third-order valence-corrected chi connectivity index (χ3v) is 11.7. The summed E-state index contributed by atoms with van der Waals surface area (Å²) < 4.78 is 6.63. The molecule has 0 fully saturated rings. The fourth-order valence-corrected chi connectivity index (χ4v) is 8.68. The second kappa shape index (κ2) is 8.59. The molecule has 0 N–H and O–H groups in total. The number of anilines is 3. The van der Waals surface area contributed by atoms with E-state index in [2.05, 4.69) is 133 Å². The molecule has 0 aromatic heterocycles. The van der Waals surface area contributed by atoms with E-state index >= 15 is 0 Å². The highest BCUT2D eigenvalue weighted by Crippen LogP contribution is 2.51. The molecule has 0 radical (unpaired) electrons. The van der Waals surface area contributed by atoms with Gasteiger partial charge in [0.1, 0.15) is 11.5 Å². The van der Waals surface area contributed by atoms with Crippen LogP contribution in [0.3, 0.4) is 0 Å². The van der Waals surface area contributed by atoms with Crippen molar-refractivity contribution in [1.29, 1.82) is 0 Å². The van der Waals surface area contributed by atoms with Gasteiger partial charge in [-0.1, -0.05) is 91.8 Å². The maximum absolute atomic E-state index is 6.63. The van der Waals surface area contributed by atoms with Gasteiger partial charge in [-0.25, -0.2) is 0 Å². The van der Waals surface area contributed by atoms with Gasteiger partial charge >= 0.3 is 0 Å². The molecule has 3 heteroatoms. The molecule has 0 bridgehead atoms. The van der Waals surface area contributed by atoms with Gasteiger partial charge in [-0.3, -0.25) is 0 Å². The molecule has 2 aliphatic heterocycles. The van der Waals surface area contributed by atoms with E-state index in [1.165, 1.54) is 81.4 Å². The predicted octanol–water partition coefficient (Wildman–Crippen LogP) is 8.79. The number of hydrogen-bond donors (Lipinski definition) is 0. The largest absolute Gasteiger partial charge is 0.458 e. The maximum atomic E-state index is 6.63. The summed E-state index contributed by atoms with van der Waals surface area (Å²) in [7, 11) is 0. The molecule has 2 aliphatic carbocycles. The highest BCUT2D eigenvalue weighted by molar-refractivity contribution is 6.99. The molecule has 2 heterocycles. The number of hydrogen-bond acceptors (Lipinski definition) is 2. The molecule has 0 saturated heterocycles. The Morgan fingerprint density at radius 1 is 0.535 bits per heavy atom. The van der Waals surface area contributed by atoms with Gasteiger partial charge in [0.05, 0.1) is 0 Å². The first-order valence-electron chi connectivity index (χ1n) is 16.3. The zero-order valence-corrected chi connectivity index (χ0v) is 27.2. The van der Waals surface area contributed by atoms with Crippen LogP contribution in [0.15, 0.2) is 72.8 Å². The first-order valence-corrected chi connectivity index (χ1v) is 16.3. The molecule has 0 saturated carbocycles. The Morgan fingerprint density at radius 2 is 1.12 bits per heavy atom. The van der Waals surface area contributed by atoms with Gasteiger partial charge in [-0.15, -0.1) is 0 Å². The van der Waals surface area contributed by atoms with Gasteiger partial charge in [0, 0.05) is 17.1 Å². The van der Waals surface area contributed by atoms with Crippen LogP contribution in [-0.4, -0.2) is 6.71 Å². The second-order valence-corrected chi connectivity index (χ2v) is 16.3. The van der Waals surface area contributed by atoms with Gasteiger partial charge in [-0.2, -0.15) is 0 Å². The molecular formula is C40H44BNO. The lowest BCUT2D eigenvalue weighted by Gasteiger charge is -2.46. The third kappa shape index (κ3) is 3.79. The van der Waals surface area contributed by atoms with Gasteiger partial charge < -0.3 is 9.64 Å². The highest BCUT2D eigenvalue weighted by atomic mass is 16.5. The van der Waals surface area contributed by atoms with Gasteiger partial charge in [0.2, 0.25) is 0 Å². The summed E-state index contributed by atoms with van der Waals surface area (Å²) >= 11 is 0. The van der Waals surface area contributed by atoms with Crippen molar-refractivity contribution >= 4 is 40.2 Å². The molecule has 43 heavy (non-hydrogen) atoms. The van der Waals surface area contributed by atoms with Crippen molar-refractivity contribution in [2.75, 3.05) is 4.90 Å². The van der Waals surface area contributed by atoms with Crippen molar-refractivity contribution in [3.63, 3.8) is 0 Å². The van der Waals surface area contributed by atoms with Crippen LogP contribution in [0.1, 0.15) is 103 Å². The van der Waals surface area contributed by atoms with E-state index in [9.17, 15) is 0 Å². The summed E-state index contributed by atoms with van der Waals surface area (Å²) in [6.07, 6.45) is 4.84. The minimum atomic E-state index is 0.128.